The molecule has 1 fully saturated rings. The van der Waals surface area contributed by atoms with Gasteiger partial charge in [0.05, 0.1) is 11.9 Å². The number of halogens is 3. The second kappa shape index (κ2) is 7.14. The van der Waals surface area contributed by atoms with Crippen molar-refractivity contribution in [3.8, 4) is 0 Å². The van der Waals surface area contributed by atoms with Gasteiger partial charge in [-0.3, -0.25) is 4.79 Å². The van der Waals surface area contributed by atoms with Crippen molar-refractivity contribution in [2.24, 2.45) is 5.92 Å². The summed E-state index contributed by atoms with van der Waals surface area (Å²) in [7, 11) is 0. The maximum Gasteiger partial charge on any atom is 0.433 e. The van der Waals surface area contributed by atoms with Crippen LogP contribution in [0.15, 0.2) is 29.8 Å². The predicted molar refractivity (Wildman–Crippen MR) is 97.6 cm³/mol. The number of hydrogen-bond donors (Lipinski definition) is 0. The lowest BCUT2D eigenvalue weighted by Crippen LogP contribution is -2.44. The molecule has 0 radical (unpaired) electrons. The highest BCUT2D eigenvalue weighted by Gasteiger charge is 2.33. The Labute approximate surface area is 159 Å². The van der Waals surface area contributed by atoms with Crippen LogP contribution < -0.4 is 4.90 Å². The predicted octanol–water partition coefficient (Wildman–Crippen LogP) is 3.96. The molecule has 0 spiro atoms. The summed E-state index contributed by atoms with van der Waals surface area (Å²) in [4.78, 5) is 21.7. The summed E-state index contributed by atoms with van der Waals surface area (Å²) in [6.45, 7) is 2.78. The van der Waals surface area contributed by atoms with Crippen LogP contribution in [0, 0.1) is 5.92 Å². The average Bonchev–Trinajstić information content (AvgIpc) is 3.15. The SMILES string of the molecule is O=C(C1CCN(c2ccc(C(F)(F)F)nc2)CC1)N1CCc2sccc2C1. The number of carbonyl (C=O) groups excluding carboxylic acids is 1. The molecule has 2 aromatic heterocycles. The lowest BCUT2D eigenvalue weighted by atomic mass is 9.94. The zero-order valence-electron chi connectivity index (χ0n) is 14.7. The Bertz CT molecular complexity index is 810. The summed E-state index contributed by atoms with van der Waals surface area (Å²) in [6.07, 6.45) is -0.795. The summed E-state index contributed by atoms with van der Waals surface area (Å²) in [5, 5.41) is 2.08. The minimum absolute atomic E-state index is 0.0103. The van der Waals surface area contributed by atoms with Gasteiger partial charge in [0.1, 0.15) is 5.69 Å². The van der Waals surface area contributed by atoms with E-state index in [1.54, 1.807) is 11.3 Å². The molecule has 27 heavy (non-hydrogen) atoms. The molecule has 2 aromatic rings. The minimum atomic E-state index is -4.42. The molecule has 0 saturated carbocycles. The largest absolute Gasteiger partial charge is 0.433 e. The first kappa shape index (κ1) is 18.3. The van der Waals surface area contributed by atoms with Crippen molar-refractivity contribution >= 4 is 22.9 Å². The molecule has 8 heteroatoms. The van der Waals surface area contributed by atoms with E-state index in [0.29, 0.717) is 38.2 Å². The van der Waals surface area contributed by atoms with Crippen LogP contribution in [0.2, 0.25) is 0 Å². The van der Waals surface area contributed by atoms with Gasteiger partial charge in [-0.05, 0) is 48.4 Å². The lowest BCUT2D eigenvalue weighted by Gasteiger charge is -2.36. The smallest absolute Gasteiger partial charge is 0.370 e. The number of amides is 1. The monoisotopic (exact) mass is 395 g/mol. The quantitative estimate of drug-likeness (QED) is 0.772. The normalized spacial score (nSPS) is 18.5. The summed E-state index contributed by atoms with van der Waals surface area (Å²) >= 11 is 1.75. The van der Waals surface area contributed by atoms with Crippen molar-refractivity contribution in [1.29, 1.82) is 0 Å². The number of pyridine rings is 1. The Morgan fingerprint density at radius 3 is 2.59 bits per heavy atom. The van der Waals surface area contributed by atoms with Gasteiger partial charge in [-0.1, -0.05) is 0 Å². The van der Waals surface area contributed by atoms with Crippen LogP contribution in [0.25, 0.3) is 0 Å². The highest BCUT2D eigenvalue weighted by Crippen LogP contribution is 2.31. The standard InChI is InChI=1S/C19H20F3N3OS/c20-19(21,22)17-2-1-15(11-23-17)24-7-3-13(4-8-24)18(26)25-9-5-16-14(12-25)6-10-27-16/h1-2,6,10-11,13H,3-5,7-9,12H2. The van der Waals surface area contributed by atoms with Crippen LogP contribution in [-0.4, -0.2) is 35.4 Å². The second-order valence-electron chi connectivity index (χ2n) is 7.04. The van der Waals surface area contributed by atoms with Crippen LogP contribution in [0.4, 0.5) is 18.9 Å². The van der Waals surface area contributed by atoms with Crippen molar-refractivity contribution < 1.29 is 18.0 Å². The molecule has 4 rings (SSSR count). The van der Waals surface area contributed by atoms with E-state index in [0.717, 1.165) is 19.0 Å². The molecule has 0 aliphatic carbocycles. The molecular weight excluding hydrogens is 375 g/mol. The van der Waals surface area contributed by atoms with E-state index in [1.807, 2.05) is 9.80 Å². The van der Waals surface area contributed by atoms with Gasteiger partial charge in [0.25, 0.3) is 0 Å². The summed E-state index contributed by atoms with van der Waals surface area (Å²) < 4.78 is 37.9. The van der Waals surface area contributed by atoms with Gasteiger partial charge in [0, 0.05) is 37.0 Å². The molecule has 0 bridgehead atoms. The van der Waals surface area contributed by atoms with Crippen molar-refractivity contribution in [2.45, 2.75) is 32.0 Å². The number of fused-ring (bicyclic) bond motifs is 1. The lowest BCUT2D eigenvalue weighted by molar-refractivity contribution is -0.141. The van der Waals surface area contributed by atoms with Crippen LogP contribution in [0.3, 0.4) is 0 Å². The van der Waals surface area contributed by atoms with Gasteiger partial charge in [0.15, 0.2) is 0 Å². The van der Waals surface area contributed by atoms with Crippen molar-refractivity contribution in [1.82, 2.24) is 9.88 Å². The summed E-state index contributed by atoms with van der Waals surface area (Å²) in [6, 6.07) is 4.57. The highest BCUT2D eigenvalue weighted by atomic mass is 32.1. The number of piperidine rings is 1. The van der Waals surface area contributed by atoms with Crippen molar-refractivity contribution in [3.05, 3.63) is 45.9 Å². The Balaban J connectivity index is 1.34. The van der Waals surface area contributed by atoms with Gasteiger partial charge < -0.3 is 9.80 Å². The summed E-state index contributed by atoms with van der Waals surface area (Å²) in [5.41, 5.74) is 1.05. The third-order valence-electron chi connectivity index (χ3n) is 5.37. The van der Waals surface area contributed by atoms with E-state index >= 15 is 0 Å². The molecule has 0 N–H and O–H groups in total. The van der Waals surface area contributed by atoms with E-state index in [9.17, 15) is 18.0 Å². The van der Waals surface area contributed by atoms with Crippen molar-refractivity contribution in [3.63, 3.8) is 0 Å². The number of rotatable bonds is 2. The first-order valence-electron chi connectivity index (χ1n) is 9.04. The summed E-state index contributed by atoms with van der Waals surface area (Å²) in [5.74, 6) is 0.195. The van der Waals surface area contributed by atoms with Gasteiger partial charge in [-0.25, -0.2) is 4.98 Å². The number of anilines is 1. The van der Waals surface area contributed by atoms with Gasteiger partial charge in [0.2, 0.25) is 5.91 Å². The Morgan fingerprint density at radius 1 is 1.15 bits per heavy atom. The number of alkyl halides is 3. The molecule has 1 amide bonds. The molecule has 4 heterocycles. The first-order chi connectivity index (χ1) is 12.9. The number of hydrogen-bond acceptors (Lipinski definition) is 4. The fraction of sp³-hybridized carbons (Fsp3) is 0.474. The number of nitrogens with zero attached hydrogens (tertiary/aromatic N) is 3. The van der Waals surface area contributed by atoms with E-state index in [-0.39, 0.29) is 11.8 Å². The third-order valence-corrected chi connectivity index (χ3v) is 6.39. The Kier molecular flexibility index (Phi) is 4.84. The molecule has 0 atom stereocenters. The number of carbonyl (C=O) groups is 1. The molecule has 4 nitrogen and oxygen atoms in total. The van der Waals surface area contributed by atoms with Crippen LogP contribution in [0.1, 0.15) is 29.0 Å². The molecule has 2 aliphatic rings. The fourth-order valence-electron chi connectivity index (χ4n) is 3.82. The fourth-order valence-corrected chi connectivity index (χ4v) is 4.71. The number of thiophene rings is 1. The maximum absolute atomic E-state index is 12.9. The molecule has 144 valence electrons. The zero-order valence-corrected chi connectivity index (χ0v) is 15.5. The zero-order chi connectivity index (χ0) is 19.0. The van der Waals surface area contributed by atoms with Gasteiger partial charge >= 0.3 is 6.18 Å². The molecular formula is C19H20F3N3OS. The second-order valence-corrected chi connectivity index (χ2v) is 8.04. The highest BCUT2D eigenvalue weighted by molar-refractivity contribution is 7.10. The van der Waals surface area contributed by atoms with Crippen LogP contribution in [0.5, 0.6) is 0 Å². The van der Waals surface area contributed by atoms with E-state index in [4.69, 9.17) is 0 Å². The van der Waals surface area contributed by atoms with E-state index < -0.39 is 11.9 Å². The maximum atomic E-state index is 12.9. The van der Waals surface area contributed by atoms with Gasteiger partial charge in [-0.2, -0.15) is 13.2 Å². The van der Waals surface area contributed by atoms with Crippen LogP contribution in [-0.2, 0) is 23.9 Å². The van der Waals surface area contributed by atoms with Crippen molar-refractivity contribution in [2.75, 3.05) is 24.5 Å². The molecule has 0 aromatic carbocycles. The molecule has 1 saturated heterocycles. The topological polar surface area (TPSA) is 36.4 Å². The first-order valence-corrected chi connectivity index (χ1v) is 9.92. The molecule has 0 unspecified atom stereocenters. The van der Waals surface area contributed by atoms with Gasteiger partial charge in [-0.15, -0.1) is 11.3 Å². The Hall–Kier alpha value is -2.09. The average molecular weight is 395 g/mol. The van der Waals surface area contributed by atoms with E-state index in [2.05, 4.69) is 16.4 Å². The van der Waals surface area contributed by atoms with E-state index in [1.165, 1.54) is 22.7 Å². The van der Waals surface area contributed by atoms with Crippen LogP contribution >= 0.6 is 11.3 Å². The number of aromatic nitrogens is 1. The molecule has 2 aliphatic heterocycles. The Morgan fingerprint density at radius 2 is 1.93 bits per heavy atom. The minimum Gasteiger partial charge on any atom is -0.370 e. The third kappa shape index (κ3) is 3.81.